The van der Waals surface area contributed by atoms with Gasteiger partial charge in [0.2, 0.25) is 0 Å². The highest BCUT2D eigenvalue weighted by atomic mass is 19.1. The van der Waals surface area contributed by atoms with E-state index in [9.17, 15) is 4.39 Å². The van der Waals surface area contributed by atoms with Crippen molar-refractivity contribution in [3.8, 4) is 0 Å². The van der Waals surface area contributed by atoms with Crippen molar-refractivity contribution in [2.45, 2.75) is 27.2 Å². The minimum Gasteiger partial charge on any atom is -0.216 e. The van der Waals surface area contributed by atoms with Crippen LogP contribution in [0.3, 0.4) is 0 Å². The molecule has 0 amide bonds. The lowest BCUT2D eigenvalue weighted by Gasteiger charge is -2.14. The SMILES string of the molecule is C/C=C\C(CC)C(C)/C=C/F. The van der Waals surface area contributed by atoms with Crippen LogP contribution in [0.15, 0.2) is 24.6 Å². The van der Waals surface area contributed by atoms with Gasteiger partial charge in [0.25, 0.3) is 0 Å². The normalized spacial score (nSPS) is 17.8. The van der Waals surface area contributed by atoms with Crippen molar-refractivity contribution in [3.05, 3.63) is 24.6 Å². The van der Waals surface area contributed by atoms with Crippen LogP contribution in [0.5, 0.6) is 0 Å². The molecule has 64 valence electrons. The number of allylic oxidation sites excluding steroid dienone is 3. The highest BCUT2D eigenvalue weighted by Crippen LogP contribution is 2.18. The Morgan fingerprint density at radius 3 is 2.36 bits per heavy atom. The molecule has 0 spiro atoms. The summed E-state index contributed by atoms with van der Waals surface area (Å²) in [6.45, 7) is 6.14. The minimum absolute atomic E-state index is 0.307. The third-order valence-corrected chi connectivity index (χ3v) is 1.96. The van der Waals surface area contributed by atoms with Gasteiger partial charge in [-0.25, -0.2) is 4.39 Å². The van der Waals surface area contributed by atoms with Gasteiger partial charge >= 0.3 is 0 Å². The van der Waals surface area contributed by atoms with Gasteiger partial charge in [-0.05, 0) is 25.2 Å². The molecular formula is C10H17F. The van der Waals surface area contributed by atoms with Crippen LogP contribution in [-0.2, 0) is 0 Å². The fourth-order valence-corrected chi connectivity index (χ4v) is 1.19. The molecule has 0 aliphatic carbocycles. The Bertz CT molecular complexity index is 136. The van der Waals surface area contributed by atoms with E-state index in [0.717, 1.165) is 6.42 Å². The maximum atomic E-state index is 11.8. The number of rotatable bonds is 4. The molecular weight excluding hydrogens is 139 g/mol. The fourth-order valence-electron chi connectivity index (χ4n) is 1.19. The van der Waals surface area contributed by atoms with Crippen LogP contribution in [0, 0.1) is 11.8 Å². The molecule has 0 aliphatic rings. The summed E-state index contributed by atoms with van der Waals surface area (Å²) in [7, 11) is 0. The monoisotopic (exact) mass is 156 g/mol. The quantitative estimate of drug-likeness (QED) is 0.544. The molecule has 0 radical (unpaired) electrons. The van der Waals surface area contributed by atoms with Crippen LogP contribution in [0.2, 0.25) is 0 Å². The molecule has 0 heterocycles. The largest absolute Gasteiger partial charge is 0.216 e. The standard InChI is InChI=1S/C10H17F/c1-4-6-10(5-2)9(3)7-8-11/h4,6-10H,5H2,1-3H3/b6-4-,8-7+. The first kappa shape index (κ1) is 10.4. The lowest BCUT2D eigenvalue weighted by atomic mass is 9.91. The summed E-state index contributed by atoms with van der Waals surface area (Å²) in [4.78, 5) is 0. The molecule has 2 unspecified atom stereocenters. The lowest BCUT2D eigenvalue weighted by molar-refractivity contribution is 0.490. The van der Waals surface area contributed by atoms with Crippen molar-refractivity contribution >= 4 is 0 Å². The predicted octanol–water partition coefficient (Wildman–Crippen LogP) is 3.71. The average molecular weight is 156 g/mol. The Hall–Kier alpha value is -0.590. The van der Waals surface area contributed by atoms with E-state index in [1.54, 1.807) is 6.08 Å². The zero-order valence-electron chi connectivity index (χ0n) is 7.55. The second-order valence-corrected chi connectivity index (χ2v) is 2.78. The predicted molar refractivity (Wildman–Crippen MR) is 48.0 cm³/mol. The average Bonchev–Trinajstić information content (AvgIpc) is 2.00. The van der Waals surface area contributed by atoms with E-state index in [1.165, 1.54) is 0 Å². The van der Waals surface area contributed by atoms with Crippen molar-refractivity contribution in [2.24, 2.45) is 11.8 Å². The zero-order valence-corrected chi connectivity index (χ0v) is 7.55. The van der Waals surface area contributed by atoms with E-state index < -0.39 is 0 Å². The molecule has 2 atom stereocenters. The van der Waals surface area contributed by atoms with Crippen molar-refractivity contribution in [3.63, 3.8) is 0 Å². The van der Waals surface area contributed by atoms with Gasteiger partial charge in [-0.2, -0.15) is 0 Å². The Labute approximate surface area is 68.8 Å². The molecule has 11 heavy (non-hydrogen) atoms. The van der Waals surface area contributed by atoms with Crippen LogP contribution in [-0.4, -0.2) is 0 Å². The second kappa shape index (κ2) is 6.14. The Morgan fingerprint density at radius 1 is 1.36 bits per heavy atom. The Morgan fingerprint density at radius 2 is 2.00 bits per heavy atom. The van der Waals surface area contributed by atoms with E-state index in [1.807, 2.05) is 19.9 Å². The van der Waals surface area contributed by atoms with Gasteiger partial charge in [-0.1, -0.05) is 32.1 Å². The van der Waals surface area contributed by atoms with Gasteiger partial charge in [0.1, 0.15) is 0 Å². The van der Waals surface area contributed by atoms with Crippen LogP contribution in [0.4, 0.5) is 4.39 Å². The van der Waals surface area contributed by atoms with Crippen molar-refractivity contribution in [1.29, 1.82) is 0 Å². The molecule has 0 bridgehead atoms. The fraction of sp³-hybridized carbons (Fsp3) is 0.600. The third-order valence-electron chi connectivity index (χ3n) is 1.96. The van der Waals surface area contributed by atoms with Gasteiger partial charge in [0, 0.05) is 0 Å². The smallest absolute Gasteiger partial charge is 0.0829 e. The highest BCUT2D eigenvalue weighted by Gasteiger charge is 2.07. The first-order valence-electron chi connectivity index (χ1n) is 4.15. The first-order valence-corrected chi connectivity index (χ1v) is 4.15. The summed E-state index contributed by atoms with van der Waals surface area (Å²) in [5.41, 5.74) is 0. The van der Waals surface area contributed by atoms with Crippen LogP contribution in [0.1, 0.15) is 27.2 Å². The second-order valence-electron chi connectivity index (χ2n) is 2.78. The molecule has 0 aromatic carbocycles. The first-order chi connectivity index (χ1) is 5.26. The summed E-state index contributed by atoms with van der Waals surface area (Å²) in [6.07, 6.45) is 7.46. The zero-order chi connectivity index (χ0) is 8.69. The molecule has 0 nitrogen and oxygen atoms in total. The molecule has 0 aromatic heterocycles. The molecule has 0 rings (SSSR count). The summed E-state index contributed by atoms with van der Waals surface area (Å²) in [5.74, 6) is 0.785. The number of halogens is 1. The summed E-state index contributed by atoms with van der Waals surface area (Å²) < 4.78 is 11.8. The lowest BCUT2D eigenvalue weighted by Crippen LogP contribution is -2.04. The Kier molecular flexibility index (Phi) is 5.81. The molecule has 0 aromatic rings. The number of hydrogen-bond acceptors (Lipinski definition) is 0. The van der Waals surface area contributed by atoms with Crippen LogP contribution in [0.25, 0.3) is 0 Å². The van der Waals surface area contributed by atoms with Gasteiger partial charge in [0.15, 0.2) is 0 Å². The van der Waals surface area contributed by atoms with Gasteiger partial charge in [-0.15, -0.1) is 0 Å². The topological polar surface area (TPSA) is 0 Å². The third kappa shape index (κ3) is 3.97. The molecule has 0 saturated carbocycles. The van der Waals surface area contributed by atoms with Crippen molar-refractivity contribution in [1.82, 2.24) is 0 Å². The van der Waals surface area contributed by atoms with Gasteiger partial charge < -0.3 is 0 Å². The van der Waals surface area contributed by atoms with Crippen LogP contribution < -0.4 is 0 Å². The molecule has 0 N–H and O–H groups in total. The van der Waals surface area contributed by atoms with E-state index in [-0.39, 0.29) is 0 Å². The van der Waals surface area contributed by atoms with E-state index >= 15 is 0 Å². The van der Waals surface area contributed by atoms with Crippen molar-refractivity contribution in [2.75, 3.05) is 0 Å². The molecule has 0 saturated heterocycles. The van der Waals surface area contributed by atoms with E-state index in [2.05, 4.69) is 13.0 Å². The summed E-state index contributed by atoms with van der Waals surface area (Å²) >= 11 is 0. The van der Waals surface area contributed by atoms with Crippen molar-refractivity contribution < 1.29 is 4.39 Å². The minimum atomic E-state index is 0.307. The Balaban J connectivity index is 4.01. The summed E-state index contributed by atoms with van der Waals surface area (Å²) in [6, 6.07) is 0. The van der Waals surface area contributed by atoms with E-state index in [4.69, 9.17) is 0 Å². The van der Waals surface area contributed by atoms with Crippen LogP contribution >= 0.6 is 0 Å². The van der Waals surface area contributed by atoms with Gasteiger partial charge in [-0.3, -0.25) is 0 Å². The maximum Gasteiger partial charge on any atom is 0.0829 e. The maximum absolute atomic E-state index is 11.8. The molecule has 1 heteroatoms. The summed E-state index contributed by atoms with van der Waals surface area (Å²) in [5, 5.41) is 0. The van der Waals surface area contributed by atoms with Gasteiger partial charge in [0.05, 0.1) is 6.33 Å². The molecule has 0 aliphatic heterocycles. The molecule has 0 fully saturated rings. The van der Waals surface area contributed by atoms with E-state index in [0.29, 0.717) is 18.2 Å². The highest BCUT2D eigenvalue weighted by molar-refractivity contribution is 4.94. The number of hydrogen-bond donors (Lipinski definition) is 0.